The first-order chi connectivity index (χ1) is 18.4. The van der Waals surface area contributed by atoms with Crippen LogP contribution in [0.2, 0.25) is 0 Å². The zero-order valence-corrected chi connectivity index (χ0v) is 20.6. The molecule has 0 radical (unpaired) electrons. The van der Waals surface area contributed by atoms with Crippen LogP contribution in [0.4, 0.5) is 0 Å². The monoisotopic (exact) mass is 521 g/mol. The molecule has 0 amide bonds. The summed E-state index contributed by atoms with van der Waals surface area (Å²) >= 11 is 0. The number of ether oxygens (including phenoxy) is 4. The van der Waals surface area contributed by atoms with Crippen LogP contribution >= 0.6 is 0 Å². The summed E-state index contributed by atoms with van der Waals surface area (Å²) in [5.41, 5.74) is 8.06. The van der Waals surface area contributed by atoms with E-state index in [2.05, 4.69) is 15.0 Å². The Morgan fingerprint density at radius 2 is 1.74 bits per heavy atom. The van der Waals surface area contributed by atoms with Gasteiger partial charge in [-0.15, -0.1) is 0 Å². The lowest BCUT2D eigenvalue weighted by molar-refractivity contribution is -0.159. The highest BCUT2D eigenvalue weighted by molar-refractivity contribution is 5.66. The van der Waals surface area contributed by atoms with Crippen LogP contribution in [0, 0.1) is 0 Å². The maximum absolute atomic E-state index is 12.7. The third-order valence-corrected chi connectivity index (χ3v) is 6.01. The molecular formula is C26H27N5O7. The van der Waals surface area contributed by atoms with Crippen LogP contribution in [-0.2, 0) is 37.0 Å². The van der Waals surface area contributed by atoms with Crippen molar-refractivity contribution in [1.82, 2.24) is 9.55 Å². The first-order valence-corrected chi connectivity index (χ1v) is 11.9. The molecule has 12 heteroatoms. The van der Waals surface area contributed by atoms with Gasteiger partial charge in [0, 0.05) is 24.1 Å². The third-order valence-electron chi connectivity index (χ3n) is 6.01. The van der Waals surface area contributed by atoms with Crippen LogP contribution in [0.3, 0.4) is 0 Å². The van der Waals surface area contributed by atoms with Crippen LogP contribution in [-0.4, -0.2) is 46.5 Å². The first kappa shape index (κ1) is 26.8. The van der Waals surface area contributed by atoms with E-state index >= 15 is 0 Å². The SMILES string of the molecule is CC(=O)O[C@@H]1[C@H](n2ccc(=O)[nH]c2=O)O[C@](CN=[N+]=[N-])(COCc2ccccc2)[C@@H]1OCc1ccccc1. The molecule has 4 rings (SSSR count). The lowest BCUT2D eigenvalue weighted by atomic mass is 9.95. The molecule has 0 bridgehead atoms. The van der Waals surface area contributed by atoms with Crippen molar-refractivity contribution in [2.75, 3.05) is 13.2 Å². The van der Waals surface area contributed by atoms with Gasteiger partial charge in [0.2, 0.25) is 0 Å². The summed E-state index contributed by atoms with van der Waals surface area (Å²) in [6.45, 7) is 1.18. The number of aromatic nitrogens is 2. The maximum Gasteiger partial charge on any atom is 0.330 e. The molecule has 1 N–H and O–H groups in total. The Morgan fingerprint density at radius 1 is 1.08 bits per heavy atom. The van der Waals surface area contributed by atoms with Gasteiger partial charge in [0.05, 0.1) is 26.4 Å². The Morgan fingerprint density at radius 3 is 2.34 bits per heavy atom. The number of carbonyl (C=O) groups is 1. The van der Waals surface area contributed by atoms with E-state index < -0.39 is 41.3 Å². The van der Waals surface area contributed by atoms with Crippen molar-refractivity contribution in [2.24, 2.45) is 5.11 Å². The smallest absolute Gasteiger partial charge is 0.330 e. The first-order valence-electron chi connectivity index (χ1n) is 11.9. The molecule has 1 fully saturated rings. The molecule has 198 valence electrons. The largest absolute Gasteiger partial charge is 0.455 e. The Kier molecular flexibility index (Phi) is 8.72. The van der Waals surface area contributed by atoms with Gasteiger partial charge in [-0.25, -0.2) is 4.79 Å². The highest BCUT2D eigenvalue weighted by Crippen LogP contribution is 2.41. The number of H-pyrrole nitrogens is 1. The second-order valence-corrected chi connectivity index (χ2v) is 8.75. The standard InChI is InChI=1S/C26H27N5O7/c1-18(32)37-22-23(36-15-20-10-6-3-7-11-20)26(16-28-30-27,17-35-14-19-8-4-2-5-9-19)38-24(22)31-13-12-21(33)29-25(31)34/h2-13,22-24H,14-17H2,1H3,(H,29,33,34)/t22-,23+,24+,26+/m0/s1. The van der Waals surface area contributed by atoms with Gasteiger partial charge in [0.15, 0.2) is 12.3 Å². The number of hydrogen-bond acceptors (Lipinski definition) is 8. The molecule has 0 aliphatic carbocycles. The number of rotatable bonds is 11. The summed E-state index contributed by atoms with van der Waals surface area (Å²) in [5.74, 6) is -0.640. The molecule has 3 aromatic rings. The van der Waals surface area contributed by atoms with Gasteiger partial charge in [0.1, 0.15) is 11.7 Å². The van der Waals surface area contributed by atoms with E-state index in [1.807, 2.05) is 60.7 Å². The van der Waals surface area contributed by atoms with Gasteiger partial charge < -0.3 is 18.9 Å². The minimum absolute atomic E-state index is 0.108. The summed E-state index contributed by atoms with van der Waals surface area (Å²) in [5, 5.41) is 3.74. The molecule has 38 heavy (non-hydrogen) atoms. The number of azide groups is 1. The number of esters is 1. The van der Waals surface area contributed by atoms with Gasteiger partial charge >= 0.3 is 11.7 Å². The Balaban J connectivity index is 1.73. The van der Waals surface area contributed by atoms with Gasteiger partial charge in [-0.1, -0.05) is 65.8 Å². The number of nitrogens with one attached hydrogen (secondary N) is 1. The van der Waals surface area contributed by atoms with Crippen LogP contribution in [0.15, 0.2) is 87.6 Å². The van der Waals surface area contributed by atoms with Crippen molar-refractivity contribution >= 4 is 5.97 Å². The van der Waals surface area contributed by atoms with E-state index in [0.29, 0.717) is 0 Å². The minimum Gasteiger partial charge on any atom is -0.455 e. The van der Waals surface area contributed by atoms with Crippen molar-refractivity contribution in [3.05, 3.63) is 115 Å². The second-order valence-electron chi connectivity index (χ2n) is 8.75. The highest BCUT2D eigenvalue weighted by Gasteiger charge is 2.58. The number of benzene rings is 2. The average Bonchev–Trinajstić information content (AvgIpc) is 3.19. The molecular weight excluding hydrogens is 494 g/mol. The predicted octanol–water partition coefficient (Wildman–Crippen LogP) is 2.85. The zero-order valence-electron chi connectivity index (χ0n) is 20.6. The third kappa shape index (κ3) is 6.36. The number of hydrogen-bond donors (Lipinski definition) is 1. The average molecular weight is 522 g/mol. The molecule has 2 heterocycles. The van der Waals surface area contributed by atoms with Crippen LogP contribution in [0.1, 0.15) is 24.3 Å². The van der Waals surface area contributed by atoms with Crippen LogP contribution in [0.5, 0.6) is 0 Å². The van der Waals surface area contributed by atoms with E-state index in [1.165, 1.54) is 13.1 Å². The maximum atomic E-state index is 12.7. The van der Waals surface area contributed by atoms with Crippen molar-refractivity contribution in [1.29, 1.82) is 0 Å². The fraction of sp³-hybridized carbons (Fsp3) is 0.346. The van der Waals surface area contributed by atoms with E-state index in [0.717, 1.165) is 21.8 Å². The fourth-order valence-corrected chi connectivity index (χ4v) is 4.34. The van der Waals surface area contributed by atoms with E-state index in [1.54, 1.807) is 0 Å². The van der Waals surface area contributed by atoms with Crippen molar-refractivity contribution in [2.45, 2.75) is 44.2 Å². The lowest BCUT2D eigenvalue weighted by Crippen LogP contribution is -2.51. The van der Waals surface area contributed by atoms with Crippen LogP contribution < -0.4 is 11.2 Å². The van der Waals surface area contributed by atoms with Crippen molar-refractivity contribution in [3.8, 4) is 0 Å². The fourth-order valence-electron chi connectivity index (χ4n) is 4.34. The molecule has 0 spiro atoms. The van der Waals surface area contributed by atoms with Gasteiger partial charge in [-0.3, -0.25) is 19.1 Å². The molecule has 0 unspecified atom stereocenters. The normalized spacial score (nSPS) is 22.5. The summed E-state index contributed by atoms with van der Waals surface area (Å²) < 4.78 is 25.4. The molecule has 1 saturated heterocycles. The highest BCUT2D eigenvalue weighted by atomic mass is 16.6. The molecule has 1 aromatic heterocycles. The zero-order chi connectivity index (χ0) is 27.0. The van der Waals surface area contributed by atoms with Gasteiger partial charge in [0.25, 0.3) is 5.56 Å². The second kappa shape index (κ2) is 12.3. The van der Waals surface area contributed by atoms with Crippen molar-refractivity contribution in [3.63, 3.8) is 0 Å². The molecule has 0 saturated carbocycles. The molecule has 4 atom stereocenters. The van der Waals surface area contributed by atoms with E-state index in [9.17, 15) is 14.4 Å². The van der Waals surface area contributed by atoms with E-state index in [-0.39, 0.29) is 26.4 Å². The number of aromatic amines is 1. The predicted molar refractivity (Wildman–Crippen MR) is 135 cm³/mol. The lowest BCUT2D eigenvalue weighted by Gasteiger charge is -2.33. The Hall–Kier alpha value is -4.22. The van der Waals surface area contributed by atoms with E-state index in [4.69, 9.17) is 24.5 Å². The molecule has 12 nitrogen and oxygen atoms in total. The van der Waals surface area contributed by atoms with Gasteiger partial charge in [-0.05, 0) is 16.7 Å². The summed E-state index contributed by atoms with van der Waals surface area (Å²) in [7, 11) is 0. The van der Waals surface area contributed by atoms with Crippen LogP contribution in [0.25, 0.3) is 10.4 Å². The number of carbonyl (C=O) groups excluding carboxylic acids is 1. The Labute approximate surface area is 217 Å². The number of nitrogens with zero attached hydrogens (tertiary/aromatic N) is 4. The minimum atomic E-state index is -1.45. The van der Waals surface area contributed by atoms with Crippen molar-refractivity contribution < 1.29 is 23.7 Å². The summed E-state index contributed by atoms with van der Waals surface area (Å²) in [4.78, 5) is 41.6. The molecule has 2 aromatic carbocycles. The molecule has 1 aliphatic heterocycles. The summed E-state index contributed by atoms with van der Waals surface area (Å²) in [6.07, 6.45) is -2.13. The topological polar surface area (TPSA) is 158 Å². The summed E-state index contributed by atoms with van der Waals surface area (Å²) in [6, 6.07) is 19.9. The Bertz CT molecular complexity index is 1390. The quantitative estimate of drug-likeness (QED) is 0.176. The molecule has 1 aliphatic rings. The van der Waals surface area contributed by atoms with Gasteiger partial charge in [-0.2, -0.15) is 0 Å².